The monoisotopic (exact) mass is 517 g/mol. The zero-order valence-electron chi connectivity index (χ0n) is 21.5. The van der Waals surface area contributed by atoms with Crippen LogP contribution in [0, 0.1) is 5.82 Å². The fourth-order valence-corrected chi connectivity index (χ4v) is 6.00. The normalized spacial score (nSPS) is 16.8. The Balaban J connectivity index is 1.41. The second kappa shape index (κ2) is 10.3. The third kappa shape index (κ3) is 4.50. The number of pyridine rings is 1. The third-order valence-corrected chi connectivity index (χ3v) is 7.86. The van der Waals surface area contributed by atoms with Crippen molar-refractivity contribution < 1.29 is 19.0 Å². The average molecular weight is 518 g/mol. The van der Waals surface area contributed by atoms with Gasteiger partial charge in [-0.1, -0.05) is 24.3 Å². The van der Waals surface area contributed by atoms with Gasteiger partial charge in [0.05, 0.1) is 10.9 Å². The van der Waals surface area contributed by atoms with Crippen molar-refractivity contribution in [3.63, 3.8) is 0 Å². The molecule has 9 heteroatoms. The van der Waals surface area contributed by atoms with Crippen molar-refractivity contribution in [1.82, 2.24) is 19.9 Å². The van der Waals surface area contributed by atoms with Crippen LogP contribution in [0.1, 0.15) is 32.1 Å². The third-order valence-electron chi connectivity index (χ3n) is 7.86. The molecule has 0 radical (unpaired) electrons. The fraction of sp³-hybridized carbons (Fsp3) is 0.414. The lowest BCUT2D eigenvalue weighted by molar-refractivity contribution is 0.108. The summed E-state index contributed by atoms with van der Waals surface area (Å²) in [6.45, 7) is 3.86. The Bertz CT molecular complexity index is 1470. The molecule has 0 bridgehead atoms. The molecule has 0 atom stereocenters. The highest BCUT2D eigenvalue weighted by atomic mass is 19.1. The van der Waals surface area contributed by atoms with Gasteiger partial charge >= 0.3 is 6.01 Å². The van der Waals surface area contributed by atoms with Crippen molar-refractivity contribution in [3.8, 4) is 23.0 Å². The van der Waals surface area contributed by atoms with Crippen LogP contribution in [0.25, 0.3) is 32.9 Å². The maximum absolute atomic E-state index is 16.2. The molecule has 2 N–H and O–H groups in total. The Hall–Kier alpha value is -3.56. The molecule has 0 amide bonds. The van der Waals surface area contributed by atoms with E-state index in [0.29, 0.717) is 36.5 Å². The van der Waals surface area contributed by atoms with Crippen molar-refractivity contribution >= 4 is 27.5 Å². The molecule has 0 aliphatic carbocycles. The van der Waals surface area contributed by atoms with E-state index in [9.17, 15) is 5.11 Å². The number of anilines is 1. The molecule has 6 rings (SSSR count). The summed E-state index contributed by atoms with van der Waals surface area (Å²) in [5, 5.41) is 15.7. The zero-order chi connectivity index (χ0) is 26.1. The van der Waals surface area contributed by atoms with Crippen LogP contribution in [0.3, 0.4) is 0 Å². The largest absolute Gasteiger partial charge is 0.508 e. The van der Waals surface area contributed by atoms with Gasteiger partial charge in [0, 0.05) is 32.0 Å². The van der Waals surface area contributed by atoms with E-state index in [4.69, 9.17) is 9.47 Å². The number of hydrogen-bond acceptors (Lipinski definition) is 8. The van der Waals surface area contributed by atoms with Crippen molar-refractivity contribution in [1.29, 1.82) is 0 Å². The van der Waals surface area contributed by atoms with Crippen LogP contribution in [0.5, 0.6) is 11.8 Å². The van der Waals surface area contributed by atoms with Gasteiger partial charge in [0.25, 0.3) is 0 Å². The second-order valence-corrected chi connectivity index (χ2v) is 10.2. The Labute approximate surface area is 220 Å². The molecule has 0 saturated carbocycles. The lowest BCUT2D eigenvalue weighted by Gasteiger charge is -2.31. The molecule has 0 unspecified atom stereocenters. The number of hydrogen-bond donors (Lipinski definition) is 2. The van der Waals surface area contributed by atoms with E-state index >= 15 is 4.39 Å². The summed E-state index contributed by atoms with van der Waals surface area (Å²) in [5.74, 6) is -0.0527. The number of fused-ring (bicyclic) bond motifs is 3. The first-order chi connectivity index (χ1) is 18.6. The van der Waals surface area contributed by atoms with E-state index in [2.05, 4.69) is 25.2 Å². The minimum atomic E-state index is -0.577. The van der Waals surface area contributed by atoms with Crippen molar-refractivity contribution in [3.05, 3.63) is 48.4 Å². The van der Waals surface area contributed by atoms with Gasteiger partial charge in [0.2, 0.25) is 0 Å². The molecule has 4 aromatic rings. The van der Waals surface area contributed by atoms with Gasteiger partial charge in [-0.15, -0.1) is 0 Å². The molecule has 4 heterocycles. The molecule has 8 nitrogen and oxygen atoms in total. The van der Waals surface area contributed by atoms with Gasteiger partial charge in [0.15, 0.2) is 5.82 Å². The molecule has 0 spiro atoms. The van der Waals surface area contributed by atoms with Gasteiger partial charge in [0.1, 0.15) is 29.4 Å². The van der Waals surface area contributed by atoms with Crippen LogP contribution in [0.15, 0.2) is 42.6 Å². The number of nitrogens with zero attached hydrogens (tertiary/aromatic N) is 4. The van der Waals surface area contributed by atoms with Crippen molar-refractivity contribution in [2.45, 2.75) is 37.6 Å². The summed E-state index contributed by atoms with van der Waals surface area (Å²) in [7, 11) is 1.66. The van der Waals surface area contributed by atoms with E-state index in [1.165, 1.54) is 6.07 Å². The number of ether oxygens (including phenoxy) is 2. The van der Waals surface area contributed by atoms with Gasteiger partial charge in [-0.2, -0.15) is 9.97 Å². The quantitative estimate of drug-likeness (QED) is 0.295. The highest BCUT2D eigenvalue weighted by Crippen LogP contribution is 2.40. The minimum Gasteiger partial charge on any atom is -0.508 e. The van der Waals surface area contributed by atoms with Gasteiger partial charge in [-0.3, -0.25) is 9.88 Å². The highest BCUT2D eigenvalue weighted by molar-refractivity contribution is 5.99. The summed E-state index contributed by atoms with van der Waals surface area (Å²) in [4.78, 5) is 16.2. The average Bonchev–Trinajstić information content (AvgIpc) is 3.51. The number of methoxy groups -OCH3 is 1. The Morgan fingerprint density at radius 2 is 1.92 bits per heavy atom. The van der Waals surface area contributed by atoms with Crippen LogP contribution in [0.2, 0.25) is 0 Å². The predicted octanol–water partition coefficient (Wildman–Crippen LogP) is 5.15. The first-order valence-corrected chi connectivity index (χ1v) is 13.3. The van der Waals surface area contributed by atoms with Crippen LogP contribution >= 0.6 is 0 Å². The summed E-state index contributed by atoms with van der Waals surface area (Å²) in [6.07, 6.45) is 6.86. The van der Waals surface area contributed by atoms with Crippen molar-refractivity contribution in [2.75, 3.05) is 45.3 Å². The van der Waals surface area contributed by atoms with E-state index in [0.717, 1.165) is 56.0 Å². The molecule has 2 saturated heterocycles. The number of rotatable bonds is 9. The molecule has 2 fully saturated rings. The summed E-state index contributed by atoms with van der Waals surface area (Å²) < 4.78 is 27.6. The molecular formula is C29H32FN5O3. The molecule has 2 aromatic carbocycles. The summed E-state index contributed by atoms with van der Waals surface area (Å²) in [5.41, 5.74) is 0.777. The van der Waals surface area contributed by atoms with Gasteiger partial charge < -0.3 is 19.9 Å². The number of nitrogens with one attached hydrogen (secondary N) is 1. The number of phenolic OH excluding ortho intramolecular Hbond substituents is 1. The minimum absolute atomic E-state index is 0.0206. The molecule has 198 valence electrons. The summed E-state index contributed by atoms with van der Waals surface area (Å²) >= 11 is 0. The van der Waals surface area contributed by atoms with Crippen LogP contribution in [-0.2, 0) is 4.74 Å². The SMILES string of the molecule is COCCCNc1nc(OCC23CCCN2CCC3)nc2c(F)c(-c3cc(O)cc4ccccc34)ncc12. The van der Waals surface area contributed by atoms with Crippen molar-refractivity contribution in [2.24, 2.45) is 0 Å². The summed E-state index contributed by atoms with van der Waals surface area (Å²) in [6, 6.07) is 10.9. The molecule has 2 aliphatic rings. The van der Waals surface area contributed by atoms with Gasteiger partial charge in [-0.05, 0) is 68.1 Å². The molecule has 38 heavy (non-hydrogen) atoms. The number of phenols is 1. The van der Waals surface area contributed by atoms with E-state index in [1.807, 2.05) is 24.3 Å². The lowest BCUT2D eigenvalue weighted by atomic mass is 9.95. The number of benzene rings is 2. The number of halogens is 1. The maximum Gasteiger partial charge on any atom is 0.319 e. The number of aromatic nitrogens is 3. The first-order valence-electron chi connectivity index (χ1n) is 13.3. The number of aromatic hydroxyl groups is 1. The van der Waals surface area contributed by atoms with Crippen LogP contribution < -0.4 is 10.1 Å². The smallest absolute Gasteiger partial charge is 0.319 e. The van der Waals surface area contributed by atoms with E-state index < -0.39 is 5.82 Å². The maximum atomic E-state index is 16.2. The first kappa shape index (κ1) is 24.8. The van der Waals surface area contributed by atoms with E-state index in [-0.39, 0.29) is 28.5 Å². The highest BCUT2D eigenvalue weighted by Gasteiger charge is 2.45. The van der Waals surface area contributed by atoms with Crippen LogP contribution in [-0.4, -0.2) is 70.5 Å². The Kier molecular flexibility index (Phi) is 6.71. The van der Waals surface area contributed by atoms with Crippen LogP contribution in [0.4, 0.5) is 10.2 Å². The Morgan fingerprint density at radius 1 is 1.11 bits per heavy atom. The van der Waals surface area contributed by atoms with Gasteiger partial charge in [-0.25, -0.2) is 4.39 Å². The fourth-order valence-electron chi connectivity index (χ4n) is 6.00. The predicted molar refractivity (Wildman–Crippen MR) is 145 cm³/mol. The lowest BCUT2D eigenvalue weighted by Crippen LogP contribution is -2.43. The molecule has 2 aliphatic heterocycles. The zero-order valence-corrected chi connectivity index (χ0v) is 21.5. The second-order valence-electron chi connectivity index (χ2n) is 10.2. The Morgan fingerprint density at radius 3 is 2.74 bits per heavy atom. The van der Waals surface area contributed by atoms with E-state index in [1.54, 1.807) is 19.4 Å². The molecule has 2 aromatic heterocycles. The standard InChI is InChI=1S/C29H32FN5O3/c1-37-14-6-11-31-27-23-17-32-25(22-16-20(36)15-19-7-2-3-8-21(19)22)24(30)26(23)33-28(34-27)38-18-29-9-4-12-35(29)13-5-10-29/h2-3,7-8,15-17,36H,4-6,9-14,18H2,1H3,(H,31,33,34). The molecular weight excluding hydrogens is 485 g/mol. The topological polar surface area (TPSA) is 92.6 Å².